The van der Waals surface area contributed by atoms with Gasteiger partial charge in [-0.15, -0.1) is 0 Å². The first-order valence-electron chi connectivity index (χ1n) is 24.4. The van der Waals surface area contributed by atoms with Gasteiger partial charge in [0, 0.05) is 22.5 Å². The molecule has 0 bridgehead atoms. The zero-order valence-electron chi connectivity index (χ0n) is 39.7. The van der Waals surface area contributed by atoms with Gasteiger partial charge in [-0.1, -0.05) is 184 Å². The van der Waals surface area contributed by atoms with Gasteiger partial charge in [0.1, 0.15) is 0 Å². The molecule has 0 spiro atoms. The van der Waals surface area contributed by atoms with Crippen molar-refractivity contribution in [1.82, 2.24) is 0 Å². The minimum Gasteiger partial charge on any atom is -0.310 e. The lowest BCUT2D eigenvalue weighted by Crippen LogP contribution is -2.17. The highest BCUT2D eigenvalue weighted by Crippen LogP contribution is 2.51. The van der Waals surface area contributed by atoms with Gasteiger partial charge < -0.3 is 4.90 Å². The van der Waals surface area contributed by atoms with Crippen LogP contribution in [-0.2, 0) is 29.1 Å². The fraction of sp³-hybridized carbons (Fsp3) is 0.333. The van der Waals surface area contributed by atoms with Crippen molar-refractivity contribution in [2.75, 3.05) is 4.90 Å². The van der Waals surface area contributed by atoms with Gasteiger partial charge in [-0.3, -0.25) is 0 Å². The predicted molar refractivity (Wildman–Crippen MR) is 275 cm³/mol. The fourth-order valence-corrected chi connectivity index (χ4v) is 11.3. The molecule has 1 nitrogen and oxygen atoms in total. The van der Waals surface area contributed by atoms with E-state index < -0.39 is 0 Å². The van der Waals surface area contributed by atoms with E-state index in [4.69, 9.17) is 0 Å². The zero-order chi connectivity index (χ0) is 44.4. The minimum atomic E-state index is -0.0846. The van der Waals surface area contributed by atoms with Crippen LogP contribution >= 0.6 is 0 Å². The van der Waals surface area contributed by atoms with E-state index in [-0.39, 0.29) is 16.2 Å². The van der Waals surface area contributed by atoms with E-state index in [0.29, 0.717) is 0 Å². The molecule has 0 amide bonds. The van der Waals surface area contributed by atoms with Crippen molar-refractivity contribution >= 4 is 17.1 Å². The Morgan fingerprint density at radius 2 is 0.906 bits per heavy atom. The number of benzene rings is 7. The Bertz CT molecular complexity index is 2780. The van der Waals surface area contributed by atoms with Crippen LogP contribution in [0.4, 0.5) is 17.1 Å². The first-order valence-corrected chi connectivity index (χ1v) is 24.4. The Labute approximate surface area is 384 Å². The molecule has 0 aliphatic heterocycles. The number of rotatable bonds is 7. The van der Waals surface area contributed by atoms with E-state index >= 15 is 0 Å². The molecule has 0 radical (unpaired) electrons. The van der Waals surface area contributed by atoms with Crippen molar-refractivity contribution in [1.29, 1.82) is 0 Å². The van der Waals surface area contributed by atoms with Gasteiger partial charge in [0.25, 0.3) is 0 Å². The van der Waals surface area contributed by atoms with Crippen LogP contribution in [0.3, 0.4) is 0 Å². The van der Waals surface area contributed by atoms with Crippen LogP contribution in [-0.4, -0.2) is 0 Å². The van der Waals surface area contributed by atoms with Gasteiger partial charge in [-0.25, -0.2) is 0 Å². The Balaban J connectivity index is 1.02. The standard InChI is InChI=1S/C63H67N/c1-61(2,3)48-38-47(39-49(40-48)62(4,5)6)54-37-36-53(55-18-12-13-19-56(54)55)46-28-32-51(33-29-46)64(52-34-35-58-57-20-14-15-21-59(57)63(7,8)60(58)41-52)50-30-26-45(27-31-50)44-24-22-43(23-25-44)42-16-10-9-11-17-42/h14-15,20-42H,9-13,16-19H2,1-8H3. The van der Waals surface area contributed by atoms with Crippen molar-refractivity contribution in [2.45, 2.75) is 135 Å². The average Bonchev–Trinajstić information content (AvgIpc) is 3.54. The van der Waals surface area contributed by atoms with Crippen LogP contribution in [0.15, 0.2) is 146 Å². The van der Waals surface area contributed by atoms with E-state index in [1.807, 2.05) is 0 Å². The maximum atomic E-state index is 2.47. The van der Waals surface area contributed by atoms with Gasteiger partial charge in [-0.05, 0) is 175 Å². The van der Waals surface area contributed by atoms with E-state index in [0.717, 1.165) is 24.4 Å². The molecule has 0 aromatic heterocycles. The van der Waals surface area contributed by atoms with Crippen molar-refractivity contribution < 1.29 is 0 Å². The molecule has 324 valence electrons. The van der Waals surface area contributed by atoms with Crippen LogP contribution in [0.2, 0.25) is 0 Å². The molecule has 1 fully saturated rings. The molecule has 0 N–H and O–H groups in total. The van der Waals surface area contributed by atoms with Gasteiger partial charge in [0.05, 0.1) is 0 Å². The number of hydrogen-bond acceptors (Lipinski definition) is 1. The molecule has 10 rings (SSSR count). The summed E-state index contributed by atoms with van der Waals surface area (Å²) in [4.78, 5) is 2.46. The van der Waals surface area contributed by atoms with Crippen molar-refractivity contribution in [3.63, 3.8) is 0 Å². The molecular formula is C63H67N. The Kier molecular flexibility index (Phi) is 10.8. The topological polar surface area (TPSA) is 3.24 Å². The summed E-state index contributed by atoms with van der Waals surface area (Å²) in [5.74, 6) is 0.720. The van der Waals surface area contributed by atoms with Gasteiger partial charge >= 0.3 is 0 Å². The van der Waals surface area contributed by atoms with E-state index in [9.17, 15) is 0 Å². The maximum Gasteiger partial charge on any atom is 0.0465 e. The molecule has 0 unspecified atom stereocenters. The summed E-state index contributed by atoms with van der Waals surface area (Å²) in [5, 5.41) is 0. The monoisotopic (exact) mass is 838 g/mol. The lowest BCUT2D eigenvalue weighted by atomic mass is 9.77. The molecular weight excluding hydrogens is 771 g/mol. The van der Waals surface area contributed by atoms with Gasteiger partial charge in [0.15, 0.2) is 0 Å². The summed E-state index contributed by atoms with van der Waals surface area (Å²) in [6, 6.07) is 56.5. The third-order valence-corrected chi connectivity index (χ3v) is 15.2. The Morgan fingerprint density at radius 1 is 0.422 bits per heavy atom. The Hall–Kier alpha value is -5.66. The molecule has 0 heterocycles. The van der Waals surface area contributed by atoms with Crippen LogP contribution in [0.25, 0.3) is 44.5 Å². The third kappa shape index (κ3) is 7.84. The molecule has 7 aromatic rings. The summed E-state index contributed by atoms with van der Waals surface area (Å²) in [5.41, 5.74) is 24.5. The highest BCUT2D eigenvalue weighted by Gasteiger charge is 2.36. The molecule has 7 aromatic carbocycles. The van der Waals surface area contributed by atoms with Gasteiger partial charge in [0.2, 0.25) is 0 Å². The summed E-state index contributed by atoms with van der Waals surface area (Å²) in [7, 11) is 0. The summed E-state index contributed by atoms with van der Waals surface area (Å²) >= 11 is 0. The summed E-state index contributed by atoms with van der Waals surface area (Å²) in [6.07, 6.45) is 11.5. The molecule has 64 heavy (non-hydrogen) atoms. The number of anilines is 3. The Morgan fingerprint density at radius 3 is 1.48 bits per heavy atom. The largest absolute Gasteiger partial charge is 0.310 e. The molecule has 3 aliphatic carbocycles. The molecule has 3 aliphatic rings. The molecule has 1 saturated carbocycles. The first kappa shape index (κ1) is 42.3. The first-order chi connectivity index (χ1) is 30.7. The number of nitrogens with zero attached hydrogens (tertiary/aromatic N) is 1. The highest BCUT2D eigenvalue weighted by molar-refractivity contribution is 5.87. The summed E-state index contributed by atoms with van der Waals surface area (Å²) < 4.78 is 0. The third-order valence-electron chi connectivity index (χ3n) is 15.2. The SMILES string of the molecule is CC(C)(C)c1cc(-c2ccc(-c3ccc(N(c4ccc(-c5ccc(C6CCCCC6)cc5)cc4)c4ccc5c(c4)C(C)(C)c4ccccc4-5)cc3)c3c2CCCC3)cc(C(C)(C)C)c1. The maximum absolute atomic E-state index is 2.47. The predicted octanol–water partition coefficient (Wildman–Crippen LogP) is 18.0. The van der Waals surface area contributed by atoms with Crippen LogP contribution in [0.1, 0.15) is 145 Å². The molecule has 1 heteroatoms. The molecule has 0 saturated heterocycles. The number of fused-ring (bicyclic) bond motifs is 4. The normalized spacial score (nSPS) is 15.9. The second-order valence-corrected chi connectivity index (χ2v) is 21.9. The van der Waals surface area contributed by atoms with E-state index in [2.05, 4.69) is 206 Å². The lowest BCUT2D eigenvalue weighted by Gasteiger charge is -2.29. The summed E-state index contributed by atoms with van der Waals surface area (Å²) in [6.45, 7) is 18.8. The van der Waals surface area contributed by atoms with Crippen molar-refractivity contribution in [2.24, 2.45) is 0 Å². The number of hydrogen-bond donors (Lipinski definition) is 0. The van der Waals surface area contributed by atoms with Crippen LogP contribution in [0, 0.1) is 0 Å². The highest BCUT2D eigenvalue weighted by atomic mass is 15.1. The van der Waals surface area contributed by atoms with Crippen LogP contribution < -0.4 is 4.90 Å². The van der Waals surface area contributed by atoms with Gasteiger partial charge in [-0.2, -0.15) is 0 Å². The van der Waals surface area contributed by atoms with Crippen LogP contribution in [0.5, 0.6) is 0 Å². The van der Waals surface area contributed by atoms with E-state index in [1.54, 1.807) is 5.56 Å². The quantitative estimate of drug-likeness (QED) is 0.155. The second-order valence-electron chi connectivity index (χ2n) is 21.9. The molecule has 0 atom stereocenters. The van der Waals surface area contributed by atoms with E-state index in [1.165, 1.54) is 134 Å². The zero-order valence-corrected chi connectivity index (χ0v) is 39.7. The van der Waals surface area contributed by atoms with Crippen molar-refractivity contribution in [3.8, 4) is 44.5 Å². The second kappa shape index (κ2) is 16.4. The van der Waals surface area contributed by atoms with Crippen molar-refractivity contribution in [3.05, 3.63) is 185 Å². The smallest absolute Gasteiger partial charge is 0.0465 e. The lowest BCUT2D eigenvalue weighted by molar-refractivity contribution is 0.443. The average molecular weight is 838 g/mol. The fourth-order valence-electron chi connectivity index (χ4n) is 11.3. The minimum absolute atomic E-state index is 0.0783.